The highest BCUT2D eigenvalue weighted by atomic mass is 79.9. The molecule has 0 atom stereocenters. The fraction of sp³-hybridized carbons (Fsp3) is 0.0588. The Morgan fingerprint density at radius 1 is 0.944 bits per heavy atom. The summed E-state index contributed by atoms with van der Waals surface area (Å²) in [5, 5.41) is 2.55. The molecule has 0 spiro atoms. The summed E-state index contributed by atoms with van der Waals surface area (Å²) >= 11 is 3.66. The van der Waals surface area contributed by atoms with Crippen LogP contribution in [0.2, 0.25) is 0 Å². The summed E-state index contributed by atoms with van der Waals surface area (Å²) in [7, 11) is 0. The van der Waals surface area contributed by atoms with Gasteiger partial charge in [-0.15, -0.1) is 0 Å². The van der Waals surface area contributed by atoms with E-state index in [9.17, 15) is 0 Å². The van der Waals surface area contributed by atoms with Gasteiger partial charge in [0, 0.05) is 9.86 Å². The molecule has 0 amide bonds. The van der Waals surface area contributed by atoms with Gasteiger partial charge < -0.3 is 0 Å². The van der Waals surface area contributed by atoms with Crippen molar-refractivity contribution >= 4 is 32.3 Å². The van der Waals surface area contributed by atoms with Crippen molar-refractivity contribution in [3.05, 3.63) is 76.8 Å². The number of allylic oxidation sites excluding steroid dienone is 6. The van der Waals surface area contributed by atoms with Gasteiger partial charge in [-0.05, 0) is 29.0 Å². The van der Waals surface area contributed by atoms with E-state index in [1.165, 1.54) is 21.9 Å². The molecule has 0 N–H and O–H groups in total. The van der Waals surface area contributed by atoms with Crippen LogP contribution in [0.5, 0.6) is 0 Å². The molecule has 0 aliphatic heterocycles. The Balaban J connectivity index is 2.29. The standard InChI is InChI=1S/C17H13Br/c18-16-12-6-10-14-9-5-11-15(17(14)16)13-7-3-1-2-4-8-13/h1,3-12H,2H2. The average Bonchev–Trinajstić information content (AvgIpc) is 2.67. The molecule has 0 radical (unpaired) electrons. The van der Waals surface area contributed by atoms with Crippen LogP contribution in [-0.2, 0) is 0 Å². The monoisotopic (exact) mass is 296 g/mol. The predicted molar refractivity (Wildman–Crippen MR) is 82.5 cm³/mol. The van der Waals surface area contributed by atoms with E-state index in [0.717, 1.165) is 10.9 Å². The molecule has 18 heavy (non-hydrogen) atoms. The molecule has 0 saturated heterocycles. The number of halogens is 1. The summed E-state index contributed by atoms with van der Waals surface area (Å²) in [6.07, 6.45) is 11.9. The van der Waals surface area contributed by atoms with Gasteiger partial charge in [0.05, 0.1) is 0 Å². The molecular formula is C17H13Br. The highest BCUT2D eigenvalue weighted by Crippen LogP contribution is 2.32. The molecule has 3 rings (SSSR count). The average molecular weight is 297 g/mol. The molecule has 2 aromatic rings. The Hall–Kier alpha value is -1.60. The van der Waals surface area contributed by atoms with E-state index in [0.29, 0.717) is 0 Å². The van der Waals surface area contributed by atoms with Gasteiger partial charge in [-0.1, -0.05) is 76.6 Å². The number of hydrogen-bond acceptors (Lipinski definition) is 0. The summed E-state index contributed by atoms with van der Waals surface area (Å²) in [5.41, 5.74) is 2.55. The Bertz CT molecular complexity index is 670. The van der Waals surface area contributed by atoms with Gasteiger partial charge in [0.15, 0.2) is 0 Å². The maximum atomic E-state index is 3.66. The zero-order valence-electron chi connectivity index (χ0n) is 9.94. The lowest BCUT2D eigenvalue weighted by Crippen LogP contribution is -1.85. The van der Waals surface area contributed by atoms with E-state index in [-0.39, 0.29) is 0 Å². The fourth-order valence-corrected chi connectivity index (χ4v) is 2.89. The lowest BCUT2D eigenvalue weighted by atomic mass is 9.98. The molecular weight excluding hydrogens is 284 g/mol. The second kappa shape index (κ2) is 4.95. The SMILES string of the molecule is Brc1cccc2cccc(C3=CC=CCC=C3)c12. The first kappa shape index (κ1) is 11.5. The first-order chi connectivity index (χ1) is 8.86. The quantitative estimate of drug-likeness (QED) is 0.652. The van der Waals surface area contributed by atoms with Gasteiger partial charge in [-0.3, -0.25) is 0 Å². The smallest absolute Gasteiger partial charge is 0.0259 e. The summed E-state index contributed by atoms with van der Waals surface area (Å²) < 4.78 is 1.15. The summed E-state index contributed by atoms with van der Waals surface area (Å²) in [4.78, 5) is 0. The highest BCUT2D eigenvalue weighted by molar-refractivity contribution is 9.10. The van der Waals surface area contributed by atoms with Crippen LogP contribution in [0.15, 0.2) is 71.3 Å². The number of hydrogen-bond donors (Lipinski definition) is 0. The maximum Gasteiger partial charge on any atom is 0.0259 e. The lowest BCUT2D eigenvalue weighted by Gasteiger charge is -2.09. The topological polar surface area (TPSA) is 0 Å². The Kier molecular flexibility index (Phi) is 3.16. The van der Waals surface area contributed by atoms with Gasteiger partial charge in [-0.2, -0.15) is 0 Å². The molecule has 1 aliphatic rings. The van der Waals surface area contributed by atoms with Crippen LogP contribution in [0.25, 0.3) is 16.3 Å². The van der Waals surface area contributed by atoms with Crippen molar-refractivity contribution < 1.29 is 0 Å². The summed E-state index contributed by atoms with van der Waals surface area (Å²) in [6.45, 7) is 0. The summed E-state index contributed by atoms with van der Waals surface area (Å²) in [6, 6.07) is 12.8. The van der Waals surface area contributed by atoms with Crippen molar-refractivity contribution in [2.75, 3.05) is 0 Å². The molecule has 0 unspecified atom stereocenters. The molecule has 0 bridgehead atoms. The van der Waals surface area contributed by atoms with Gasteiger partial charge in [0.2, 0.25) is 0 Å². The van der Waals surface area contributed by atoms with E-state index in [1.54, 1.807) is 0 Å². The molecule has 0 heterocycles. The molecule has 88 valence electrons. The minimum absolute atomic E-state index is 1.01. The minimum Gasteiger partial charge on any atom is -0.0807 e. The van der Waals surface area contributed by atoms with Crippen molar-refractivity contribution in [3.63, 3.8) is 0 Å². The number of fused-ring (bicyclic) bond motifs is 1. The van der Waals surface area contributed by atoms with Gasteiger partial charge in [0.1, 0.15) is 0 Å². The number of rotatable bonds is 1. The third kappa shape index (κ3) is 2.06. The van der Waals surface area contributed by atoms with E-state index < -0.39 is 0 Å². The first-order valence-electron chi connectivity index (χ1n) is 6.07. The van der Waals surface area contributed by atoms with Crippen molar-refractivity contribution in [2.45, 2.75) is 6.42 Å². The second-order valence-electron chi connectivity index (χ2n) is 4.33. The van der Waals surface area contributed by atoms with E-state index >= 15 is 0 Å². The largest absolute Gasteiger partial charge is 0.0807 e. The van der Waals surface area contributed by atoms with Crippen LogP contribution in [0, 0.1) is 0 Å². The van der Waals surface area contributed by atoms with Crippen LogP contribution in [0.3, 0.4) is 0 Å². The Morgan fingerprint density at radius 3 is 2.67 bits per heavy atom. The zero-order valence-corrected chi connectivity index (χ0v) is 11.5. The van der Waals surface area contributed by atoms with Crippen LogP contribution < -0.4 is 0 Å². The van der Waals surface area contributed by atoms with E-state index in [2.05, 4.69) is 82.7 Å². The minimum atomic E-state index is 1.01. The molecule has 0 aromatic heterocycles. The third-order valence-electron chi connectivity index (χ3n) is 3.15. The third-order valence-corrected chi connectivity index (χ3v) is 3.81. The van der Waals surface area contributed by atoms with Crippen molar-refractivity contribution in [2.24, 2.45) is 0 Å². The van der Waals surface area contributed by atoms with Crippen LogP contribution in [0.1, 0.15) is 12.0 Å². The van der Waals surface area contributed by atoms with Crippen LogP contribution in [0.4, 0.5) is 0 Å². The van der Waals surface area contributed by atoms with Crippen LogP contribution in [-0.4, -0.2) is 0 Å². The molecule has 0 saturated carbocycles. The molecule has 1 heteroatoms. The Morgan fingerprint density at radius 2 is 1.78 bits per heavy atom. The Labute approximate surface area is 115 Å². The van der Waals surface area contributed by atoms with Crippen molar-refractivity contribution in [3.8, 4) is 0 Å². The molecule has 0 fully saturated rings. The van der Waals surface area contributed by atoms with Gasteiger partial charge in [-0.25, -0.2) is 0 Å². The molecule has 0 nitrogen and oxygen atoms in total. The van der Waals surface area contributed by atoms with Crippen molar-refractivity contribution in [1.82, 2.24) is 0 Å². The summed E-state index contributed by atoms with van der Waals surface area (Å²) in [5.74, 6) is 0. The fourth-order valence-electron chi connectivity index (χ4n) is 2.29. The molecule has 1 aliphatic carbocycles. The van der Waals surface area contributed by atoms with Crippen molar-refractivity contribution in [1.29, 1.82) is 0 Å². The first-order valence-corrected chi connectivity index (χ1v) is 6.86. The predicted octanol–water partition coefficient (Wildman–Crippen LogP) is 5.50. The number of benzene rings is 2. The highest BCUT2D eigenvalue weighted by Gasteiger charge is 2.07. The molecule has 2 aromatic carbocycles. The van der Waals surface area contributed by atoms with Gasteiger partial charge in [0.25, 0.3) is 0 Å². The normalized spacial score (nSPS) is 14.6. The van der Waals surface area contributed by atoms with E-state index in [4.69, 9.17) is 0 Å². The lowest BCUT2D eigenvalue weighted by molar-refractivity contribution is 1.41. The van der Waals surface area contributed by atoms with E-state index in [1.807, 2.05) is 0 Å². The van der Waals surface area contributed by atoms with Gasteiger partial charge >= 0.3 is 0 Å². The van der Waals surface area contributed by atoms with Crippen LogP contribution >= 0.6 is 15.9 Å². The zero-order chi connectivity index (χ0) is 12.4. The maximum absolute atomic E-state index is 3.66. The second-order valence-corrected chi connectivity index (χ2v) is 5.19.